The molecule has 2 nitrogen and oxygen atoms in total. The van der Waals surface area contributed by atoms with Gasteiger partial charge < -0.3 is 0 Å². The minimum absolute atomic E-state index is 0.264. The van der Waals surface area contributed by atoms with E-state index < -0.39 is 0 Å². The summed E-state index contributed by atoms with van der Waals surface area (Å²) in [5.74, 6) is 0. The number of hydrogen-bond donors (Lipinski definition) is 1. The van der Waals surface area contributed by atoms with Gasteiger partial charge in [-0.3, -0.25) is 10.3 Å². The summed E-state index contributed by atoms with van der Waals surface area (Å²) in [6.45, 7) is 6.63. The van der Waals surface area contributed by atoms with E-state index in [1.165, 1.54) is 0 Å². The lowest BCUT2D eigenvalue weighted by Crippen LogP contribution is -2.18. The third kappa shape index (κ3) is 2.40. The van der Waals surface area contributed by atoms with Crippen LogP contribution in [-0.4, -0.2) is 6.10 Å². The summed E-state index contributed by atoms with van der Waals surface area (Å²) in [5.41, 5.74) is 3.06. The van der Waals surface area contributed by atoms with E-state index in [1.54, 1.807) is 0 Å². The van der Waals surface area contributed by atoms with Gasteiger partial charge in [-0.05, 0) is 17.9 Å². The Morgan fingerprint density at radius 2 is 2.20 bits per heavy atom. The van der Waals surface area contributed by atoms with Crippen LogP contribution in [0.3, 0.4) is 0 Å². The van der Waals surface area contributed by atoms with Crippen LogP contribution in [-0.2, 0) is 4.84 Å². The summed E-state index contributed by atoms with van der Waals surface area (Å²) < 4.78 is 0. The first-order chi connectivity index (χ1) is 4.58. The normalized spacial score (nSPS) is 24.9. The number of rotatable bonds is 1. The van der Waals surface area contributed by atoms with E-state index in [9.17, 15) is 0 Å². The van der Waals surface area contributed by atoms with Gasteiger partial charge in [-0.25, -0.2) is 0 Å². The minimum Gasteiger partial charge on any atom is -0.274 e. The van der Waals surface area contributed by atoms with Crippen molar-refractivity contribution in [2.24, 2.45) is 5.41 Å². The monoisotopic (exact) mass is 141 g/mol. The van der Waals surface area contributed by atoms with Gasteiger partial charge in [0.1, 0.15) is 6.10 Å². The fraction of sp³-hybridized carbons (Fsp3) is 0.750. The highest BCUT2D eigenvalue weighted by molar-refractivity contribution is 4.92. The van der Waals surface area contributed by atoms with E-state index in [0.29, 0.717) is 5.41 Å². The van der Waals surface area contributed by atoms with Gasteiger partial charge in [-0.15, -0.1) is 0 Å². The van der Waals surface area contributed by atoms with Crippen LogP contribution in [0.2, 0.25) is 0 Å². The molecular formula is C8H15NO. The topological polar surface area (TPSA) is 21.3 Å². The molecule has 0 spiro atoms. The molecule has 58 valence electrons. The van der Waals surface area contributed by atoms with E-state index in [2.05, 4.69) is 26.3 Å². The molecule has 0 aromatic rings. The Morgan fingerprint density at radius 1 is 1.50 bits per heavy atom. The molecule has 1 N–H and O–H groups in total. The van der Waals surface area contributed by atoms with Crippen LogP contribution in [0, 0.1) is 5.41 Å². The number of hydrogen-bond acceptors (Lipinski definition) is 2. The second-order valence-corrected chi connectivity index (χ2v) is 3.90. The maximum absolute atomic E-state index is 5.17. The van der Waals surface area contributed by atoms with E-state index in [4.69, 9.17) is 4.84 Å². The predicted molar refractivity (Wildman–Crippen MR) is 41.2 cm³/mol. The predicted octanol–water partition coefficient (Wildman–Crippen LogP) is 1.84. The van der Waals surface area contributed by atoms with Crippen molar-refractivity contribution in [1.82, 2.24) is 5.48 Å². The van der Waals surface area contributed by atoms with E-state index >= 15 is 0 Å². The van der Waals surface area contributed by atoms with Crippen LogP contribution in [0.1, 0.15) is 27.2 Å². The lowest BCUT2D eigenvalue weighted by Gasteiger charge is -2.20. The summed E-state index contributed by atoms with van der Waals surface area (Å²) in [4.78, 5) is 5.17. The van der Waals surface area contributed by atoms with Crippen LogP contribution < -0.4 is 5.48 Å². The van der Waals surface area contributed by atoms with Crippen LogP contribution in [0.5, 0.6) is 0 Å². The third-order valence-corrected chi connectivity index (χ3v) is 1.41. The fourth-order valence-electron chi connectivity index (χ4n) is 1.03. The largest absolute Gasteiger partial charge is 0.274 e. The lowest BCUT2D eigenvalue weighted by molar-refractivity contribution is 0.0250. The van der Waals surface area contributed by atoms with Gasteiger partial charge in [0.2, 0.25) is 0 Å². The maximum Gasteiger partial charge on any atom is 0.106 e. The second-order valence-electron chi connectivity index (χ2n) is 3.90. The van der Waals surface area contributed by atoms with Gasteiger partial charge in [-0.1, -0.05) is 20.8 Å². The first-order valence-electron chi connectivity index (χ1n) is 3.66. The molecule has 0 bridgehead atoms. The lowest BCUT2D eigenvalue weighted by atomic mass is 9.89. The van der Waals surface area contributed by atoms with Crippen LogP contribution in [0.25, 0.3) is 0 Å². The van der Waals surface area contributed by atoms with Crippen LogP contribution in [0.15, 0.2) is 12.3 Å². The maximum atomic E-state index is 5.17. The standard InChI is InChI=1S/C8H15NO/c1-8(2,3)6-7-4-5-9-10-7/h4-5,7,9H,6H2,1-3H3. The van der Waals surface area contributed by atoms with Crippen molar-refractivity contribution in [1.29, 1.82) is 0 Å². The van der Waals surface area contributed by atoms with Crippen molar-refractivity contribution >= 4 is 0 Å². The zero-order chi connectivity index (χ0) is 7.61. The number of hydroxylamine groups is 1. The van der Waals surface area contributed by atoms with Gasteiger partial charge in [0.25, 0.3) is 0 Å². The molecule has 0 amide bonds. The Balaban J connectivity index is 2.31. The molecule has 0 saturated heterocycles. The van der Waals surface area contributed by atoms with Gasteiger partial charge in [0.05, 0.1) is 0 Å². The molecule has 1 unspecified atom stereocenters. The molecule has 0 aromatic carbocycles. The summed E-state index contributed by atoms with van der Waals surface area (Å²) in [5, 5.41) is 0. The zero-order valence-corrected chi connectivity index (χ0v) is 6.85. The second kappa shape index (κ2) is 2.62. The quantitative estimate of drug-likeness (QED) is 0.601. The fourth-order valence-corrected chi connectivity index (χ4v) is 1.03. The molecule has 0 fully saturated rings. The number of nitrogens with one attached hydrogen (secondary N) is 1. The molecule has 1 aliphatic heterocycles. The Bertz CT molecular complexity index is 135. The molecule has 1 atom stereocenters. The van der Waals surface area contributed by atoms with Crippen molar-refractivity contribution < 1.29 is 4.84 Å². The van der Waals surface area contributed by atoms with Crippen molar-refractivity contribution in [3.8, 4) is 0 Å². The van der Waals surface area contributed by atoms with E-state index in [1.807, 2.05) is 12.3 Å². The van der Waals surface area contributed by atoms with Gasteiger partial charge in [0.15, 0.2) is 0 Å². The molecule has 1 aliphatic rings. The van der Waals surface area contributed by atoms with Gasteiger partial charge >= 0.3 is 0 Å². The van der Waals surface area contributed by atoms with Gasteiger partial charge in [-0.2, -0.15) is 0 Å². The summed E-state index contributed by atoms with van der Waals surface area (Å²) in [6.07, 6.45) is 5.22. The molecular weight excluding hydrogens is 126 g/mol. The molecule has 1 heterocycles. The van der Waals surface area contributed by atoms with Crippen molar-refractivity contribution in [3.05, 3.63) is 12.3 Å². The van der Waals surface area contributed by atoms with Crippen molar-refractivity contribution in [2.75, 3.05) is 0 Å². The summed E-state index contributed by atoms with van der Waals surface area (Å²) in [6, 6.07) is 0. The van der Waals surface area contributed by atoms with E-state index in [0.717, 1.165) is 6.42 Å². The van der Waals surface area contributed by atoms with Crippen molar-refractivity contribution in [3.63, 3.8) is 0 Å². The third-order valence-electron chi connectivity index (χ3n) is 1.41. The molecule has 2 heteroatoms. The zero-order valence-electron chi connectivity index (χ0n) is 6.85. The highest BCUT2D eigenvalue weighted by Crippen LogP contribution is 2.23. The van der Waals surface area contributed by atoms with Crippen molar-refractivity contribution in [2.45, 2.75) is 33.3 Å². The highest BCUT2D eigenvalue weighted by atomic mass is 16.7. The highest BCUT2D eigenvalue weighted by Gasteiger charge is 2.19. The van der Waals surface area contributed by atoms with Crippen LogP contribution >= 0.6 is 0 Å². The molecule has 0 aromatic heterocycles. The molecule has 10 heavy (non-hydrogen) atoms. The minimum atomic E-state index is 0.264. The van der Waals surface area contributed by atoms with E-state index in [-0.39, 0.29) is 6.10 Å². The Labute approximate surface area is 62.2 Å². The summed E-state index contributed by atoms with van der Waals surface area (Å²) >= 11 is 0. The average Bonchev–Trinajstić information content (AvgIpc) is 2.12. The smallest absolute Gasteiger partial charge is 0.106 e. The Morgan fingerprint density at radius 3 is 2.60 bits per heavy atom. The first-order valence-corrected chi connectivity index (χ1v) is 3.66. The Kier molecular flexibility index (Phi) is 2.00. The molecule has 0 saturated carbocycles. The first kappa shape index (κ1) is 7.61. The average molecular weight is 141 g/mol. The van der Waals surface area contributed by atoms with Crippen LogP contribution in [0.4, 0.5) is 0 Å². The summed E-state index contributed by atoms with van der Waals surface area (Å²) in [7, 11) is 0. The Hall–Kier alpha value is -0.500. The molecule has 0 radical (unpaired) electrons. The van der Waals surface area contributed by atoms with Gasteiger partial charge in [0, 0.05) is 6.20 Å². The molecule has 0 aliphatic carbocycles. The SMILES string of the molecule is CC(C)(C)CC1C=CNO1. The molecule has 1 rings (SSSR count).